The standard InChI is InChI=1S/C21H23N5O/c1-14(2)13-17(20-24-23-19-9-4-5-11-26(19)20)22-21(27)16-7-6-8-18-15(16)10-12-25(18)3/h4-12,14,17H,13H2,1-3H3,(H,22,27)/t17-/m0/s1. The second-order valence-corrected chi connectivity index (χ2v) is 7.31. The highest BCUT2D eigenvalue weighted by Gasteiger charge is 2.23. The summed E-state index contributed by atoms with van der Waals surface area (Å²) in [5.74, 6) is 1.07. The minimum Gasteiger partial charge on any atom is -0.351 e. The predicted molar refractivity (Wildman–Crippen MR) is 106 cm³/mol. The molecule has 27 heavy (non-hydrogen) atoms. The highest BCUT2D eigenvalue weighted by Crippen LogP contribution is 2.24. The lowest BCUT2D eigenvalue weighted by Crippen LogP contribution is -2.31. The van der Waals surface area contributed by atoms with Gasteiger partial charge in [0.2, 0.25) is 0 Å². The zero-order chi connectivity index (χ0) is 19.0. The molecule has 138 valence electrons. The number of hydrogen-bond donors (Lipinski definition) is 1. The molecule has 0 aliphatic heterocycles. The van der Waals surface area contributed by atoms with Crippen LogP contribution in [0, 0.1) is 5.92 Å². The van der Waals surface area contributed by atoms with Crippen LogP contribution < -0.4 is 5.32 Å². The maximum absolute atomic E-state index is 13.1. The summed E-state index contributed by atoms with van der Waals surface area (Å²) in [4.78, 5) is 13.1. The van der Waals surface area contributed by atoms with Crippen LogP contribution in [0.25, 0.3) is 16.6 Å². The lowest BCUT2D eigenvalue weighted by molar-refractivity contribution is 0.0931. The molecule has 0 fully saturated rings. The maximum atomic E-state index is 13.1. The van der Waals surface area contributed by atoms with E-state index >= 15 is 0 Å². The molecule has 0 aliphatic rings. The molecular weight excluding hydrogens is 338 g/mol. The molecule has 0 saturated heterocycles. The van der Waals surface area contributed by atoms with Crippen LogP contribution in [0.4, 0.5) is 0 Å². The monoisotopic (exact) mass is 361 g/mol. The van der Waals surface area contributed by atoms with Crippen molar-refractivity contribution < 1.29 is 4.79 Å². The van der Waals surface area contributed by atoms with Crippen LogP contribution in [0.5, 0.6) is 0 Å². The van der Waals surface area contributed by atoms with Crippen LogP contribution in [0.3, 0.4) is 0 Å². The molecule has 1 aromatic carbocycles. The summed E-state index contributed by atoms with van der Waals surface area (Å²) in [5.41, 5.74) is 2.49. The summed E-state index contributed by atoms with van der Waals surface area (Å²) in [6, 6.07) is 13.4. The maximum Gasteiger partial charge on any atom is 0.252 e. The number of rotatable bonds is 5. The first-order valence-electron chi connectivity index (χ1n) is 9.19. The summed E-state index contributed by atoms with van der Waals surface area (Å²) in [5, 5.41) is 12.7. The molecule has 4 rings (SSSR count). The van der Waals surface area contributed by atoms with E-state index < -0.39 is 0 Å². The van der Waals surface area contributed by atoms with Crippen molar-refractivity contribution in [2.45, 2.75) is 26.3 Å². The van der Waals surface area contributed by atoms with Gasteiger partial charge in [-0.3, -0.25) is 9.20 Å². The average molecular weight is 361 g/mol. The molecule has 1 N–H and O–H groups in total. The first kappa shape index (κ1) is 17.3. The normalized spacial score (nSPS) is 12.7. The number of amides is 1. The van der Waals surface area contributed by atoms with Crippen molar-refractivity contribution in [2.24, 2.45) is 13.0 Å². The topological polar surface area (TPSA) is 64.2 Å². The van der Waals surface area contributed by atoms with Crippen molar-refractivity contribution in [1.29, 1.82) is 0 Å². The number of benzene rings is 1. The van der Waals surface area contributed by atoms with Gasteiger partial charge in [-0.15, -0.1) is 10.2 Å². The van der Waals surface area contributed by atoms with Gasteiger partial charge in [-0.2, -0.15) is 0 Å². The van der Waals surface area contributed by atoms with Crippen molar-refractivity contribution in [3.05, 3.63) is 66.2 Å². The lowest BCUT2D eigenvalue weighted by Gasteiger charge is -2.19. The molecule has 6 heteroatoms. The Morgan fingerprint density at radius 2 is 1.93 bits per heavy atom. The summed E-state index contributed by atoms with van der Waals surface area (Å²) < 4.78 is 3.96. The Kier molecular flexibility index (Phi) is 4.39. The first-order chi connectivity index (χ1) is 13.0. The number of nitrogens with zero attached hydrogens (tertiary/aromatic N) is 4. The molecule has 0 aliphatic carbocycles. The summed E-state index contributed by atoms with van der Waals surface area (Å²) in [7, 11) is 1.98. The van der Waals surface area contributed by atoms with Crippen molar-refractivity contribution in [3.63, 3.8) is 0 Å². The third-order valence-electron chi connectivity index (χ3n) is 4.84. The van der Waals surface area contributed by atoms with Crippen LogP contribution in [-0.4, -0.2) is 25.1 Å². The van der Waals surface area contributed by atoms with E-state index in [-0.39, 0.29) is 11.9 Å². The molecule has 0 bridgehead atoms. The Bertz CT molecular complexity index is 1110. The molecule has 0 saturated carbocycles. The first-order valence-corrected chi connectivity index (χ1v) is 9.19. The van der Waals surface area contributed by atoms with Gasteiger partial charge in [0, 0.05) is 35.9 Å². The molecule has 1 amide bonds. The van der Waals surface area contributed by atoms with Crippen molar-refractivity contribution >= 4 is 22.5 Å². The number of hydrogen-bond acceptors (Lipinski definition) is 3. The summed E-state index contributed by atoms with van der Waals surface area (Å²) in [6.07, 6.45) is 4.69. The van der Waals surface area contributed by atoms with Crippen molar-refractivity contribution in [1.82, 2.24) is 24.5 Å². The Morgan fingerprint density at radius 1 is 1.07 bits per heavy atom. The smallest absolute Gasteiger partial charge is 0.252 e. The van der Waals surface area contributed by atoms with Gasteiger partial charge in [-0.1, -0.05) is 26.0 Å². The van der Waals surface area contributed by atoms with Crippen LogP contribution >= 0.6 is 0 Å². The lowest BCUT2D eigenvalue weighted by atomic mass is 10.0. The molecule has 0 radical (unpaired) electrons. The van der Waals surface area contributed by atoms with Crippen molar-refractivity contribution in [3.8, 4) is 0 Å². The molecule has 0 unspecified atom stereocenters. The average Bonchev–Trinajstić information content (AvgIpc) is 3.25. The number of aromatic nitrogens is 4. The highest BCUT2D eigenvalue weighted by molar-refractivity contribution is 6.06. The molecule has 0 spiro atoms. The van der Waals surface area contributed by atoms with Gasteiger partial charge in [0.15, 0.2) is 11.5 Å². The Balaban J connectivity index is 1.70. The Labute approximate surface area is 157 Å². The van der Waals surface area contributed by atoms with E-state index in [0.29, 0.717) is 11.5 Å². The number of carbonyl (C=O) groups excluding carboxylic acids is 1. The predicted octanol–water partition coefficient (Wildman–Crippen LogP) is 3.74. The summed E-state index contributed by atoms with van der Waals surface area (Å²) >= 11 is 0. The van der Waals surface area contributed by atoms with Crippen LogP contribution in [0.15, 0.2) is 54.9 Å². The molecule has 1 atom stereocenters. The quantitative estimate of drug-likeness (QED) is 0.589. The fraction of sp³-hybridized carbons (Fsp3) is 0.286. The third kappa shape index (κ3) is 3.18. The van der Waals surface area contributed by atoms with Gasteiger partial charge in [0.25, 0.3) is 5.91 Å². The number of pyridine rings is 1. The van der Waals surface area contributed by atoms with Crippen LogP contribution in [0.2, 0.25) is 0 Å². The zero-order valence-corrected chi connectivity index (χ0v) is 15.8. The number of carbonyl (C=O) groups is 1. The number of fused-ring (bicyclic) bond motifs is 2. The van der Waals surface area contributed by atoms with E-state index in [1.807, 2.05) is 70.9 Å². The van der Waals surface area contributed by atoms with Gasteiger partial charge in [0.1, 0.15) is 0 Å². The second kappa shape index (κ2) is 6.87. The van der Waals surface area contributed by atoms with Gasteiger partial charge in [-0.05, 0) is 42.7 Å². The molecular formula is C21H23N5O. The zero-order valence-electron chi connectivity index (χ0n) is 15.8. The van der Waals surface area contributed by atoms with Crippen LogP contribution in [0.1, 0.15) is 42.5 Å². The molecule has 3 heterocycles. The van der Waals surface area contributed by atoms with Gasteiger partial charge in [-0.25, -0.2) is 0 Å². The largest absolute Gasteiger partial charge is 0.351 e. The summed E-state index contributed by atoms with van der Waals surface area (Å²) in [6.45, 7) is 4.28. The minimum atomic E-state index is -0.214. The van der Waals surface area contributed by atoms with Crippen LogP contribution in [-0.2, 0) is 7.05 Å². The fourth-order valence-corrected chi connectivity index (χ4v) is 3.53. The Hall–Kier alpha value is -3.15. The van der Waals surface area contributed by atoms with E-state index in [1.165, 1.54) is 0 Å². The number of nitrogens with one attached hydrogen (secondary N) is 1. The molecule has 4 aromatic rings. The van der Waals surface area contributed by atoms with Crippen molar-refractivity contribution in [2.75, 3.05) is 0 Å². The highest BCUT2D eigenvalue weighted by atomic mass is 16.1. The van der Waals surface area contributed by atoms with E-state index in [9.17, 15) is 4.79 Å². The van der Waals surface area contributed by atoms with Gasteiger partial charge in [0.05, 0.1) is 6.04 Å². The van der Waals surface area contributed by atoms with E-state index in [4.69, 9.17) is 0 Å². The SMILES string of the molecule is CC(C)C[C@H](NC(=O)c1cccc2c1ccn2C)c1nnc2ccccn12. The van der Waals surface area contributed by atoms with E-state index in [1.54, 1.807) is 0 Å². The third-order valence-corrected chi connectivity index (χ3v) is 4.84. The fourth-order valence-electron chi connectivity index (χ4n) is 3.53. The Morgan fingerprint density at radius 3 is 2.74 bits per heavy atom. The minimum absolute atomic E-state index is 0.0925. The molecule has 3 aromatic heterocycles. The second-order valence-electron chi connectivity index (χ2n) is 7.31. The van der Waals surface area contributed by atoms with E-state index in [2.05, 4.69) is 29.4 Å². The van der Waals surface area contributed by atoms with E-state index in [0.717, 1.165) is 28.8 Å². The van der Waals surface area contributed by atoms with Gasteiger partial charge < -0.3 is 9.88 Å². The van der Waals surface area contributed by atoms with Gasteiger partial charge >= 0.3 is 0 Å². The molecule has 6 nitrogen and oxygen atoms in total. The number of aryl methyl sites for hydroxylation is 1.